The molecule has 1 atom stereocenters. The molecule has 27 heavy (non-hydrogen) atoms. The second kappa shape index (κ2) is 9.09. The standard InChI is InChI=1S/C19H22O8/c1-23-10-12-7-15(20)18(22)19(27-12)14(9-17(21)26-4)13-6-5-11(24-2)8-16(13)25-3/h5-8,14,22H,9-10H2,1-4H3/t14-/m1/s1. The molecule has 0 saturated heterocycles. The lowest BCUT2D eigenvalue weighted by Gasteiger charge is -2.20. The first-order valence-corrected chi connectivity index (χ1v) is 8.08. The largest absolute Gasteiger partial charge is 0.502 e. The quantitative estimate of drug-likeness (QED) is 0.697. The average Bonchev–Trinajstić information content (AvgIpc) is 2.68. The summed E-state index contributed by atoms with van der Waals surface area (Å²) in [6, 6.07) is 6.13. The summed E-state index contributed by atoms with van der Waals surface area (Å²) in [6.07, 6.45) is -0.174. The van der Waals surface area contributed by atoms with Crippen molar-refractivity contribution in [3.8, 4) is 17.2 Å². The van der Waals surface area contributed by atoms with Crippen molar-refractivity contribution in [3.05, 3.63) is 51.6 Å². The fourth-order valence-electron chi connectivity index (χ4n) is 2.70. The highest BCUT2D eigenvalue weighted by Crippen LogP contribution is 2.39. The molecule has 0 saturated carbocycles. The maximum Gasteiger partial charge on any atom is 0.306 e. The Balaban J connectivity index is 2.66. The van der Waals surface area contributed by atoms with Gasteiger partial charge in [0.1, 0.15) is 23.9 Å². The van der Waals surface area contributed by atoms with E-state index in [2.05, 4.69) is 0 Å². The second-order valence-electron chi connectivity index (χ2n) is 5.66. The van der Waals surface area contributed by atoms with Crippen LogP contribution in [0.25, 0.3) is 0 Å². The predicted octanol–water partition coefficient (Wildman–Crippen LogP) is 2.20. The van der Waals surface area contributed by atoms with E-state index in [4.69, 9.17) is 23.4 Å². The number of rotatable bonds is 8. The minimum Gasteiger partial charge on any atom is -0.502 e. The van der Waals surface area contributed by atoms with E-state index in [0.717, 1.165) is 6.07 Å². The normalized spacial score (nSPS) is 11.7. The molecule has 146 valence electrons. The third kappa shape index (κ3) is 4.59. The van der Waals surface area contributed by atoms with Crippen LogP contribution in [-0.4, -0.2) is 39.5 Å². The second-order valence-corrected chi connectivity index (χ2v) is 5.66. The molecule has 0 radical (unpaired) electrons. The van der Waals surface area contributed by atoms with Crippen LogP contribution in [0.5, 0.6) is 17.2 Å². The van der Waals surface area contributed by atoms with E-state index in [-0.39, 0.29) is 24.5 Å². The summed E-state index contributed by atoms with van der Waals surface area (Å²) in [5.74, 6) is -0.837. The summed E-state index contributed by atoms with van der Waals surface area (Å²) in [7, 11) is 5.68. The van der Waals surface area contributed by atoms with Crippen LogP contribution in [0, 0.1) is 0 Å². The van der Waals surface area contributed by atoms with Crippen molar-refractivity contribution < 1.29 is 33.3 Å². The molecule has 0 aliphatic heterocycles. The predicted molar refractivity (Wildman–Crippen MR) is 95.4 cm³/mol. The zero-order chi connectivity index (χ0) is 20.0. The Labute approximate surface area is 156 Å². The van der Waals surface area contributed by atoms with Crippen molar-refractivity contribution in [1.29, 1.82) is 0 Å². The van der Waals surface area contributed by atoms with E-state index in [1.54, 1.807) is 18.2 Å². The molecule has 0 aliphatic rings. The van der Waals surface area contributed by atoms with Gasteiger partial charge in [-0.1, -0.05) is 6.07 Å². The van der Waals surface area contributed by atoms with Gasteiger partial charge in [0.05, 0.1) is 33.7 Å². The molecule has 8 heteroatoms. The molecule has 1 heterocycles. The number of ether oxygens (including phenoxy) is 4. The van der Waals surface area contributed by atoms with Gasteiger partial charge in [0.15, 0.2) is 5.76 Å². The summed E-state index contributed by atoms with van der Waals surface area (Å²) in [4.78, 5) is 24.1. The van der Waals surface area contributed by atoms with Crippen LogP contribution in [0.1, 0.15) is 29.4 Å². The maximum atomic E-state index is 12.1. The molecule has 0 spiro atoms. The molecule has 0 bridgehead atoms. The van der Waals surface area contributed by atoms with E-state index < -0.39 is 23.1 Å². The first kappa shape index (κ1) is 20.3. The zero-order valence-corrected chi connectivity index (χ0v) is 15.6. The van der Waals surface area contributed by atoms with E-state index in [9.17, 15) is 14.7 Å². The lowest BCUT2D eigenvalue weighted by molar-refractivity contribution is -0.140. The minimum absolute atomic E-state index is 0.0349. The van der Waals surface area contributed by atoms with Gasteiger partial charge in [0.25, 0.3) is 0 Å². The molecule has 0 aliphatic carbocycles. The number of esters is 1. The van der Waals surface area contributed by atoms with Crippen LogP contribution < -0.4 is 14.9 Å². The topological polar surface area (TPSA) is 104 Å². The SMILES string of the molecule is COCc1cc(=O)c(O)c([C@H](CC(=O)OC)c2ccc(OC)cc2OC)o1. The highest BCUT2D eigenvalue weighted by Gasteiger charge is 2.29. The van der Waals surface area contributed by atoms with Crippen LogP contribution in [0.3, 0.4) is 0 Å². The number of carbonyl (C=O) groups excluding carboxylic acids is 1. The third-order valence-corrected chi connectivity index (χ3v) is 4.02. The molecule has 8 nitrogen and oxygen atoms in total. The molecule has 2 aromatic rings. The monoisotopic (exact) mass is 378 g/mol. The minimum atomic E-state index is -0.817. The van der Waals surface area contributed by atoms with Gasteiger partial charge in [-0.25, -0.2) is 0 Å². The van der Waals surface area contributed by atoms with Gasteiger partial charge in [0, 0.05) is 24.8 Å². The summed E-state index contributed by atoms with van der Waals surface area (Å²) >= 11 is 0. The number of aromatic hydroxyl groups is 1. The first-order chi connectivity index (χ1) is 12.9. The molecule has 1 N–H and O–H groups in total. The zero-order valence-electron chi connectivity index (χ0n) is 15.6. The lowest BCUT2D eigenvalue weighted by atomic mass is 9.91. The van der Waals surface area contributed by atoms with Gasteiger partial charge in [-0.2, -0.15) is 0 Å². The summed E-state index contributed by atoms with van der Waals surface area (Å²) in [5.41, 5.74) is -0.109. The van der Waals surface area contributed by atoms with E-state index >= 15 is 0 Å². The fourth-order valence-corrected chi connectivity index (χ4v) is 2.70. The van der Waals surface area contributed by atoms with Crippen molar-refractivity contribution in [1.82, 2.24) is 0 Å². The van der Waals surface area contributed by atoms with Gasteiger partial charge < -0.3 is 28.5 Å². The molecule has 0 fully saturated rings. The number of hydrogen-bond donors (Lipinski definition) is 1. The molecule has 0 amide bonds. The summed E-state index contributed by atoms with van der Waals surface area (Å²) < 4.78 is 26.0. The Morgan fingerprint density at radius 2 is 1.89 bits per heavy atom. The van der Waals surface area contributed by atoms with Crippen LogP contribution in [0.15, 0.2) is 33.5 Å². The maximum absolute atomic E-state index is 12.1. The Morgan fingerprint density at radius 1 is 1.15 bits per heavy atom. The van der Waals surface area contributed by atoms with Crippen LogP contribution in [0.2, 0.25) is 0 Å². The molecule has 1 aromatic carbocycles. The molecular formula is C19H22O8. The van der Waals surface area contributed by atoms with Crippen molar-refractivity contribution in [3.63, 3.8) is 0 Å². The fraction of sp³-hybridized carbons (Fsp3) is 0.368. The number of methoxy groups -OCH3 is 4. The van der Waals surface area contributed by atoms with Crippen LogP contribution >= 0.6 is 0 Å². The van der Waals surface area contributed by atoms with E-state index in [0.29, 0.717) is 17.1 Å². The van der Waals surface area contributed by atoms with Crippen molar-refractivity contribution >= 4 is 5.97 Å². The van der Waals surface area contributed by atoms with E-state index in [1.807, 2.05) is 0 Å². The molecule has 2 rings (SSSR count). The molecule has 0 unspecified atom stereocenters. The highest BCUT2D eigenvalue weighted by molar-refractivity contribution is 5.71. The third-order valence-electron chi connectivity index (χ3n) is 4.02. The Hall–Kier alpha value is -3.00. The van der Waals surface area contributed by atoms with Crippen molar-refractivity contribution in [2.75, 3.05) is 28.4 Å². The molecular weight excluding hydrogens is 356 g/mol. The summed E-state index contributed by atoms with van der Waals surface area (Å²) in [5, 5.41) is 10.3. The van der Waals surface area contributed by atoms with Gasteiger partial charge in [-0.3, -0.25) is 9.59 Å². The Kier molecular flexibility index (Phi) is 6.84. The highest BCUT2D eigenvalue weighted by atomic mass is 16.5. The van der Waals surface area contributed by atoms with E-state index in [1.165, 1.54) is 28.4 Å². The van der Waals surface area contributed by atoms with Crippen molar-refractivity contribution in [2.45, 2.75) is 18.9 Å². The van der Waals surface area contributed by atoms with Gasteiger partial charge in [-0.05, 0) is 6.07 Å². The number of benzene rings is 1. The lowest BCUT2D eigenvalue weighted by Crippen LogP contribution is -2.15. The average molecular weight is 378 g/mol. The Morgan fingerprint density at radius 3 is 2.48 bits per heavy atom. The van der Waals surface area contributed by atoms with Crippen LogP contribution in [0.4, 0.5) is 0 Å². The van der Waals surface area contributed by atoms with Crippen molar-refractivity contribution in [2.24, 2.45) is 0 Å². The summed E-state index contributed by atoms with van der Waals surface area (Å²) in [6.45, 7) is 0.0349. The molecule has 1 aromatic heterocycles. The van der Waals surface area contributed by atoms with Crippen LogP contribution in [-0.2, 0) is 20.9 Å². The first-order valence-electron chi connectivity index (χ1n) is 8.08. The van der Waals surface area contributed by atoms with Gasteiger partial charge in [0.2, 0.25) is 11.2 Å². The smallest absolute Gasteiger partial charge is 0.306 e. The van der Waals surface area contributed by atoms with Gasteiger partial charge in [-0.15, -0.1) is 0 Å². The Bertz CT molecular complexity index is 855. The van der Waals surface area contributed by atoms with Gasteiger partial charge >= 0.3 is 5.97 Å². The number of carbonyl (C=O) groups is 1. The number of hydrogen-bond acceptors (Lipinski definition) is 8.